The number of ether oxygens (including phenoxy) is 17. The molecule has 23 heterocycles. The summed E-state index contributed by atoms with van der Waals surface area (Å²) in [6.07, 6.45) is -90.7. The highest BCUT2D eigenvalue weighted by molar-refractivity contribution is 7.99. The zero-order valence-electron chi connectivity index (χ0n) is 51.8. The van der Waals surface area contributed by atoms with Gasteiger partial charge in [0.25, 0.3) is 0 Å². The predicted octanol–water partition coefficient (Wildman–Crippen LogP) is -18.9. The fraction of sp³-hybridized carbons (Fsp3) is 1.00. The van der Waals surface area contributed by atoms with Crippen LogP contribution in [0.15, 0.2) is 0 Å². The van der Waals surface area contributed by atoms with Gasteiger partial charge in [-0.25, -0.2) is 0 Å². The van der Waals surface area contributed by atoms with Gasteiger partial charge in [-0.1, -0.05) is 0 Å². The Bertz CT molecular complexity index is 2460. The molecule has 0 aromatic rings. The molecule has 45 atom stereocenters. The summed E-state index contributed by atoms with van der Waals surface area (Å²) in [5.74, 6) is -0.681. The van der Waals surface area contributed by atoms with E-state index < -0.39 is 334 Å². The third-order valence-electron chi connectivity index (χ3n) is 19.0. The lowest BCUT2D eigenvalue weighted by molar-refractivity contribution is -0.396. The molecule has 45 heteroatoms. The van der Waals surface area contributed by atoms with Gasteiger partial charge in [0, 0.05) is 5.75 Å². The summed E-state index contributed by atoms with van der Waals surface area (Å²) in [6.45, 7) is -8.62. The van der Waals surface area contributed by atoms with Crippen molar-refractivity contribution in [2.75, 3.05) is 58.6 Å². The first-order valence-corrected chi connectivity index (χ1v) is 32.7. The number of aliphatic hydroxyl groups excluding tert-OH is 27. The van der Waals surface area contributed by atoms with E-state index >= 15 is 0 Å². The number of hydrogen-bond acceptors (Lipinski definition) is 45. The minimum absolute atomic E-state index is 0.518. The minimum Gasteiger partial charge on any atom is -0.394 e. The molecule has 0 aromatic heterocycles. The van der Waals surface area contributed by atoms with Gasteiger partial charge in [-0.2, -0.15) is 0 Å². The zero-order chi connectivity index (χ0) is 72.1. The van der Waals surface area contributed by atoms with Crippen LogP contribution in [0.4, 0.5) is 0 Å². The number of aliphatic hydroxyl groups is 27. The smallest absolute Gasteiger partial charge is 0.187 e. The van der Waals surface area contributed by atoms with Crippen molar-refractivity contribution < 1.29 is 218 Å². The summed E-state index contributed by atoms with van der Waals surface area (Å²) in [4.78, 5) is 0. The Kier molecular flexibility index (Phi) is 27.7. The van der Waals surface area contributed by atoms with Gasteiger partial charge in [0.2, 0.25) is 0 Å². The monoisotopic (exact) mass is 1470 g/mol. The topological polar surface area (TPSA) is 703 Å². The molecule has 576 valence electrons. The van der Waals surface area contributed by atoms with E-state index in [0.29, 0.717) is 11.8 Å². The van der Waals surface area contributed by atoms with Crippen molar-refractivity contribution in [2.24, 2.45) is 0 Å². The molecule has 0 radical (unpaired) electrons. The van der Waals surface area contributed by atoms with E-state index in [-0.39, 0.29) is 0 Å². The molecule has 14 bridgehead atoms. The normalized spacial score (nSPS) is 55.1. The highest BCUT2D eigenvalue weighted by Gasteiger charge is 2.61. The summed E-state index contributed by atoms with van der Waals surface area (Å²) in [5, 5.41) is 300. The maximum Gasteiger partial charge on any atom is 0.187 e. The Hall–Kier alpha value is -1.41. The van der Waals surface area contributed by atoms with Crippen LogP contribution in [0.1, 0.15) is 0 Å². The average Bonchev–Trinajstić information content (AvgIpc) is 0.754. The predicted molar refractivity (Wildman–Crippen MR) is 300 cm³/mol. The lowest BCUT2D eigenvalue weighted by Crippen LogP contribution is -2.68. The molecule has 23 saturated heterocycles. The first-order valence-electron chi connectivity index (χ1n) is 31.6. The fourth-order valence-corrected chi connectivity index (χ4v) is 14.5. The summed E-state index contributed by atoms with van der Waals surface area (Å²) < 4.78 is 98.2. The molecule has 0 amide bonds. The molecule has 99 heavy (non-hydrogen) atoms. The molecule has 0 spiro atoms. The number of hydrogen-bond donors (Lipinski definition) is 27. The van der Waals surface area contributed by atoms with Gasteiger partial charge in [0.1, 0.15) is 219 Å². The molecule has 44 nitrogen and oxygen atoms in total. The van der Waals surface area contributed by atoms with Crippen LogP contribution in [0.3, 0.4) is 0 Å². The van der Waals surface area contributed by atoms with Crippen molar-refractivity contribution in [2.45, 2.75) is 275 Å². The van der Waals surface area contributed by atoms with Crippen LogP contribution < -0.4 is 0 Å². The third kappa shape index (κ3) is 16.1. The van der Waals surface area contributed by atoms with Crippen LogP contribution in [0.25, 0.3) is 0 Å². The zero-order valence-corrected chi connectivity index (χ0v) is 52.6. The van der Waals surface area contributed by atoms with Crippen molar-refractivity contribution >= 4 is 11.8 Å². The van der Waals surface area contributed by atoms with E-state index in [1.165, 1.54) is 0 Å². The highest BCUT2D eigenvalue weighted by atomic mass is 32.2. The maximum absolute atomic E-state index is 12.0. The molecule has 23 fully saturated rings. The van der Waals surface area contributed by atoms with Gasteiger partial charge in [0.15, 0.2) is 50.3 Å². The lowest BCUT2D eigenvalue weighted by Gasteiger charge is -2.50. The van der Waals surface area contributed by atoms with Crippen molar-refractivity contribution in [3.63, 3.8) is 0 Å². The van der Waals surface area contributed by atoms with E-state index in [9.17, 15) is 138 Å². The van der Waals surface area contributed by atoms with Crippen LogP contribution in [0.2, 0.25) is 0 Å². The Labute approximate surface area is 563 Å². The van der Waals surface area contributed by atoms with Crippen LogP contribution >= 0.6 is 11.8 Å². The van der Waals surface area contributed by atoms with Crippen molar-refractivity contribution in [1.29, 1.82) is 0 Å². The molecule has 23 aliphatic heterocycles. The summed E-state index contributed by atoms with van der Waals surface area (Å²) in [7, 11) is 0. The van der Waals surface area contributed by atoms with E-state index in [1.807, 2.05) is 0 Å². The first kappa shape index (κ1) is 80.1. The first-order chi connectivity index (χ1) is 47.1. The minimum atomic E-state index is -2.38. The van der Waals surface area contributed by atoms with Crippen molar-refractivity contribution in [1.82, 2.24) is 0 Å². The second-order valence-electron chi connectivity index (χ2n) is 25.3. The average molecular weight is 1480 g/mol. The quantitative estimate of drug-likeness (QED) is 0.0814. The SMILES string of the molecule is OC[C@H]1O[C@H](O[C@H]2[C@H](O)[C@@H](O)[C@@H](SC[C@H]3O[C@@H]4O[C@H]5[C@H](O)[C@@H](O)[C@@H](O[C@H]6[C@H](O)[C@@H](O)[C@@H](O[C@H]7[C@H](O)[C@@H](O)[C@@H](O[C@H]8[C@H](O)[C@@H](O)[C@@H](O[C@H]9[C@H](O)[C@@H](O)[C@@H](O[C@H]%10[C@H](O)[C@@H](O)[C@@H](O[C@H]3[C@H](O)[C@H]4O)O[C@@H]%10CO)O[C@@H]9CO)O[C@@H]8CO)O[C@@H]7CO)O[C@@H]6CO)O[C@@H]5CO)O[C@@H]2CO)[C@H](O)[C@@H](O)[C@@H]1O. The Morgan fingerprint density at radius 3 is 0.697 bits per heavy atom. The Morgan fingerprint density at radius 1 is 0.202 bits per heavy atom. The molecule has 0 unspecified atom stereocenters. The van der Waals surface area contributed by atoms with Crippen molar-refractivity contribution in [3.05, 3.63) is 0 Å². The lowest BCUT2D eigenvalue weighted by atomic mass is 9.95. The third-order valence-corrected chi connectivity index (χ3v) is 20.2. The molecule has 23 aliphatic rings. The molecule has 23 rings (SSSR count). The largest absolute Gasteiger partial charge is 0.394 e. The van der Waals surface area contributed by atoms with E-state index in [0.717, 1.165) is 0 Å². The van der Waals surface area contributed by atoms with E-state index in [1.54, 1.807) is 0 Å². The van der Waals surface area contributed by atoms with Crippen molar-refractivity contribution in [3.8, 4) is 0 Å². The van der Waals surface area contributed by atoms with Crippen LogP contribution in [-0.2, 0) is 80.5 Å². The second kappa shape index (κ2) is 34.2. The Morgan fingerprint density at radius 2 is 0.444 bits per heavy atom. The van der Waals surface area contributed by atoms with E-state index in [2.05, 4.69) is 0 Å². The molecule has 0 aromatic carbocycles. The fourth-order valence-electron chi connectivity index (χ4n) is 13.3. The molecular weight excluding hydrogens is 1380 g/mol. The van der Waals surface area contributed by atoms with Gasteiger partial charge in [-0.05, 0) is 0 Å². The number of thioether (sulfide) groups is 1. The number of rotatable bonds is 13. The Balaban J connectivity index is 0.938. The standard InChI is InChI=1S/C54H90O44S/c55-1-10-19(63)20(64)29(73)46(82-10)97-44-17(8-62)90-54(37(81)28(44)72)99-9-18-45-27(71)36(80)53(89-18)96-43-16(7-61)87-51(34(78)25(43)69)94-41-14(5-59)85-49(32(76)23(41)67)92-39-12(3-57)83-47(30(74)21(39)65)91-38-11(2-56)84-48(31(75)22(38)66)93-40-13(4-58)86-50(33(77)24(40)68)95-42-15(6-60)88-52(98-45)35(79)26(42)70/h10-81H,1-9H2/t10-,11-,12-,13-,14-,15-,16-,17-,18-,19-,20+,21-,22-,23-,24-,25-,26-,27-,28-,29-,30-,31-,32-,33-,34-,35-,36-,37-,38-,39-,40-,41-,42-,43-,44-,45-,46-,47-,48-,49-,50-,51-,52-,53-,54-/m1/s1. The highest BCUT2D eigenvalue weighted by Crippen LogP contribution is 2.41. The second-order valence-corrected chi connectivity index (χ2v) is 26.4. The summed E-state index contributed by atoms with van der Waals surface area (Å²) in [5.41, 5.74) is -1.68. The van der Waals surface area contributed by atoms with Gasteiger partial charge < -0.3 is 218 Å². The van der Waals surface area contributed by atoms with E-state index in [4.69, 9.17) is 80.5 Å². The molecular formula is C54H90O44S. The van der Waals surface area contributed by atoms with Crippen LogP contribution in [0.5, 0.6) is 0 Å². The van der Waals surface area contributed by atoms with Gasteiger partial charge in [-0.3, -0.25) is 0 Å². The summed E-state index contributed by atoms with van der Waals surface area (Å²) in [6, 6.07) is 0. The molecule has 0 saturated carbocycles. The molecule has 27 N–H and O–H groups in total. The van der Waals surface area contributed by atoms with Gasteiger partial charge in [0.05, 0.1) is 59.0 Å². The van der Waals surface area contributed by atoms with Crippen LogP contribution in [-0.4, -0.2) is 472 Å². The molecule has 0 aliphatic carbocycles. The van der Waals surface area contributed by atoms with Gasteiger partial charge >= 0.3 is 0 Å². The van der Waals surface area contributed by atoms with Gasteiger partial charge in [-0.15, -0.1) is 11.8 Å². The maximum atomic E-state index is 12.0. The van der Waals surface area contributed by atoms with Crippen LogP contribution in [0, 0.1) is 0 Å². The summed E-state index contributed by atoms with van der Waals surface area (Å²) >= 11 is 0.518.